The molecule has 0 aliphatic rings. The number of hydrogen-bond donors (Lipinski definition) is 1. The van der Waals surface area contributed by atoms with E-state index in [0.717, 1.165) is 46.6 Å². The van der Waals surface area contributed by atoms with E-state index >= 15 is 0 Å². The van der Waals surface area contributed by atoms with Gasteiger partial charge in [0.2, 0.25) is 0 Å². The summed E-state index contributed by atoms with van der Waals surface area (Å²) in [4.78, 5) is 0. The molecule has 1 unspecified atom stereocenters. The van der Waals surface area contributed by atoms with E-state index < -0.39 is 0 Å². The Bertz CT molecular complexity index is 997. The summed E-state index contributed by atoms with van der Waals surface area (Å²) in [6, 6.07) is 16.5. The predicted octanol–water partition coefficient (Wildman–Crippen LogP) is 5.26. The standard InChI is InChI=1S/C21H23N3OS/c1-5-12-24-20-13-17(25-2)10-11-18(20)19(14-22)21(24)15-6-8-16(9-7-15)23-26(3)4/h6-11,13,23H,3,5,12H2,1-2,4H3. The Morgan fingerprint density at radius 3 is 2.54 bits per heavy atom. The first-order chi connectivity index (χ1) is 12.6. The van der Waals surface area contributed by atoms with E-state index in [-0.39, 0.29) is 10.7 Å². The Hall–Kier alpha value is -2.71. The second-order valence-corrected chi connectivity index (χ2v) is 7.67. The van der Waals surface area contributed by atoms with Crippen LogP contribution in [0.15, 0.2) is 42.5 Å². The summed E-state index contributed by atoms with van der Waals surface area (Å²) in [5.41, 5.74) is 4.79. The fraction of sp³-hybridized carbons (Fsp3) is 0.238. The maximum absolute atomic E-state index is 9.85. The molecular formula is C21H23N3OS. The fourth-order valence-electron chi connectivity index (χ4n) is 3.22. The van der Waals surface area contributed by atoms with Gasteiger partial charge in [0.15, 0.2) is 0 Å². The highest BCUT2D eigenvalue weighted by Crippen LogP contribution is 2.36. The summed E-state index contributed by atoms with van der Waals surface area (Å²) in [6.45, 7) is 2.99. The number of nitrogens with one attached hydrogen (secondary N) is 1. The van der Waals surface area contributed by atoms with Crippen molar-refractivity contribution >= 4 is 33.1 Å². The second kappa shape index (κ2) is 7.67. The molecule has 0 aliphatic heterocycles. The van der Waals surface area contributed by atoms with E-state index in [2.05, 4.69) is 40.3 Å². The van der Waals surface area contributed by atoms with Crippen LogP contribution in [-0.2, 0) is 6.54 Å². The minimum atomic E-state index is -0.119. The summed E-state index contributed by atoms with van der Waals surface area (Å²) >= 11 is 0. The topological polar surface area (TPSA) is 50.0 Å². The van der Waals surface area contributed by atoms with Gasteiger partial charge in [-0.05, 0) is 42.5 Å². The van der Waals surface area contributed by atoms with Crippen LogP contribution in [0.5, 0.6) is 5.75 Å². The largest absolute Gasteiger partial charge is 0.497 e. The summed E-state index contributed by atoms with van der Waals surface area (Å²) < 4.78 is 10.9. The molecule has 2 aromatic carbocycles. The molecule has 5 heteroatoms. The van der Waals surface area contributed by atoms with Crippen LogP contribution in [-0.4, -0.2) is 23.8 Å². The highest BCUT2D eigenvalue weighted by Gasteiger charge is 2.18. The van der Waals surface area contributed by atoms with Crippen molar-refractivity contribution in [1.82, 2.24) is 4.57 Å². The van der Waals surface area contributed by atoms with Gasteiger partial charge in [-0.15, -0.1) is 10.7 Å². The number of anilines is 1. The highest BCUT2D eigenvalue weighted by molar-refractivity contribution is 8.14. The zero-order valence-electron chi connectivity index (χ0n) is 15.4. The Morgan fingerprint density at radius 1 is 1.23 bits per heavy atom. The van der Waals surface area contributed by atoms with Crippen molar-refractivity contribution in [2.75, 3.05) is 18.1 Å². The van der Waals surface area contributed by atoms with Crippen molar-refractivity contribution in [2.24, 2.45) is 0 Å². The molecule has 3 aromatic rings. The van der Waals surface area contributed by atoms with Crippen LogP contribution < -0.4 is 9.46 Å². The van der Waals surface area contributed by atoms with Gasteiger partial charge in [0.25, 0.3) is 0 Å². The number of nitrogens with zero attached hydrogens (tertiary/aromatic N) is 2. The summed E-state index contributed by atoms with van der Waals surface area (Å²) in [5, 5.41) is 10.8. The molecule has 0 amide bonds. The average molecular weight is 366 g/mol. The number of methoxy groups -OCH3 is 1. The molecule has 0 radical (unpaired) electrons. The lowest BCUT2D eigenvalue weighted by Crippen LogP contribution is -2.00. The number of hydrogen-bond acceptors (Lipinski definition) is 3. The van der Waals surface area contributed by atoms with Crippen LogP contribution in [0.2, 0.25) is 0 Å². The number of ether oxygens (including phenoxy) is 1. The third kappa shape index (κ3) is 3.33. The normalized spacial score (nSPS) is 11.9. The fourth-order valence-corrected chi connectivity index (χ4v) is 3.76. The van der Waals surface area contributed by atoms with E-state index in [1.807, 2.05) is 36.6 Å². The molecule has 4 nitrogen and oxygen atoms in total. The van der Waals surface area contributed by atoms with E-state index in [0.29, 0.717) is 5.56 Å². The zero-order chi connectivity index (χ0) is 18.7. The third-order valence-corrected chi connectivity index (χ3v) is 4.87. The number of nitriles is 1. The van der Waals surface area contributed by atoms with Crippen molar-refractivity contribution in [2.45, 2.75) is 19.9 Å². The Kier molecular flexibility index (Phi) is 5.34. The molecule has 0 saturated heterocycles. The van der Waals surface area contributed by atoms with Crippen LogP contribution in [0, 0.1) is 11.3 Å². The monoisotopic (exact) mass is 365 g/mol. The van der Waals surface area contributed by atoms with Gasteiger partial charge in [0.1, 0.15) is 11.8 Å². The van der Waals surface area contributed by atoms with E-state index in [1.165, 1.54) is 0 Å². The Balaban J connectivity index is 2.22. The van der Waals surface area contributed by atoms with Crippen molar-refractivity contribution in [1.29, 1.82) is 5.26 Å². The molecule has 3 rings (SSSR count). The van der Waals surface area contributed by atoms with Crippen LogP contribution in [0.3, 0.4) is 0 Å². The molecule has 1 N–H and O–H groups in total. The number of fused-ring (bicyclic) bond motifs is 1. The van der Waals surface area contributed by atoms with Gasteiger partial charge in [-0.2, -0.15) is 5.26 Å². The van der Waals surface area contributed by atoms with Crippen molar-refractivity contribution in [3.05, 3.63) is 48.0 Å². The SMILES string of the molecule is C=S(C)Nc1ccc(-c2c(C#N)c3ccc(OC)cc3n2CCC)cc1. The van der Waals surface area contributed by atoms with Gasteiger partial charge in [-0.3, -0.25) is 0 Å². The van der Waals surface area contributed by atoms with Gasteiger partial charge in [0.05, 0.1) is 23.9 Å². The van der Waals surface area contributed by atoms with Crippen LogP contribution in [0.1, 0.15) is 18.9 Å². The van der Waals surface area contributed by atoms with Gasteiger partial charge < -0.3 is 14.0 Å². The quantitative estimate of drug-likeness (QED) is 0.607. The molecular weight excluding hydrogens is 342 g/mol. The number of aromatic nitrogens is 1. The minimum absolute atomic E-state index is 0.119. The van der Waals surface area contributed by atoms with Crippen LogP contribution in [0.25, 0.3) is 22.2 Å². The van der Waals surface area contributed by atoms with Crippen LogP contribution >= 0.6 is 10.7 Å². The lowest BCUT2D eigenvalue weighted by Gasteiger charge is -2.12. The van der Waals surface area contributed by atoms with Gasteiger partial charge in [0, 0.05) is 23.7 Å². The Morgan fingerprint density at radius 2 is 1.96 bits per heavy atom. The highest BCUT2D eigenvalue weighted by atomic mass is 32.2. The zero-order valence-corrected chi connectivity index (χ0v) is 16.2. The molecule has 134 valence electrons. The van der Waals surface area contributed by atoms with Gasteiger partial charge >= 0.3 is 0 Å². The summed E-state index contributed by atoms with van der Waals surface area (Å²) in [7, 11) is 1.54. The maximum Gasteiger partial charge on any atom is 0.120 e. The lowest BCUT2D eigenvalue weighted by molar-refractivity contribution is 0.415. The molecule has 1 atom stereocenters. The first-order valence-corrected chi connectivity index (χ1v) is 10.3. The first kappa shape index (κ1) is 18.1. The molecule has 26 heavy (non-hydrogen) atoms. The second-order valence-electron chi connectivity index (χ2n) is 6.19. The van der Waals surface area contributed by atoms with Crippen molar-refractivity contribution < 1.29 is 4.74 Å². The van der Waals surface area contributed by atoms with E-state index in [9.17, 15) is 5.26 Å². The Labute approximate surface area is 157 Å². The molecule has 0 bridgehead atoms. The molecule has 0 saturated carbocycles. The van der Waals surface area contributed by atoms with Gasteiger partial charge in [-0.1, -0.05) is 24.9 Å². The molecule has 0 fully saturated rings. The van der Waals surface area contributed by atoms with Crippen molar-refractivity contribution in [3.8, 4) is 23.1 Å². The maximum atomic E-state index is 9.85. The van der Waals surface area contributed by atoms with E-state index in [1.54, 1.807) is 7.11 Å². The molecule has 0 aliphatic carbocycles. The van der Waals surface area contributed by atoms with Gasteiger partial charge in [-0.25, -0.2) is 0 Å². The predicted molar refractivity (Wildman–Crippen MR) is 113 cm³/mol. The smallest absolute Gasteiger partial charge is 0.120 e. The lowest BCUT2D eigenvalue weighted by atomic mass is 10.1. The number of benzene rings is 2. The average Bonchev–Trinajstić information content (AvgIpc) is 2.95. The van der Waals surface area contributed by atoms with Crippen LogP contribution in [0.4, 0.5) is 5.69 Å². The summed E-state index contributed by atoms with van der Waals surface area (Å²) in [5.74, 6) is 4.78. The molecule has 1 aromatic heterocycles. The van der Waals surface area contributed by atoms with Crippen molar-refractivity contribution in [3.63, 3.8) is 0 Å². The first-order valence-electron chi connectivity index (χ1n) is 8.52. The summed E-state index contributed by atoms with van der Waals surface area (Å²) in [6.07, 6.45) is 3.02. The molecule has 1 heterocycles. The third-order valence-electron chi connectivity index (χ3n) is 4.28. The number of rotatable bonds is 6. The molecule has 0 spiro atoms. The number of aryl methyl sites for hydroxylation is 1. The van der Waals surface area contributed by atoms with E-state index in [4.69, 9.17) is 4.74 Å². The minimum Gasteiger partial charge on any atom is -0.497 e.